The second-order valence-corrected chi connectivity index (χ2v) is 5.71. The van der Waals surface area contributed by atoms with Gasteiger partial charge in [-0.2, -0.15) is 0 Å². The standard InChI is InChI=1S/C16H28O7/c1-3-5-7-8-10-23-16(15(21)22,11-13(17)18)12(14(19)20)9-6-4-2/h12H,3-11H2,1-2H3,(H,17,18)(H,19,20)(H,21,22). The number of unbranched alkanes of at least 4 members (excludes halogenated alkanes) is 4. The van der Waals surface area contributed by atoms with Crippen LogP contribution in [0.4, 0.5) is 0 Å². The highest BCUT2D eigenvalue weighted by Gasteiger charge is 2.52. The van der Waals surface area contributed by atoms with E-state index in [0.29, 0.717) is 19.3 Å². The largest absolute Gasteiger partial charge is 0.481 e. The van der Waals surface area contributed by atoms with E-state index >= 15 is 0 Å². The van der Waals surface area contributed by atoms with Crippen LogP contribution in [0.1, 0.15) is 65.2 Å². The Morgan fingerprint density at radius 2 is 1.57 bits per heavy atom. The van der Waals surface area contributed by atoms with Gasteiger partial charge in [-0.3, -0.25) is 9.59 Å². The molecule has 134 valence electrons. The summed E-state index contributed by atoms with van der Waals surface area (Å²) >= 11 is 0. The quantitative estimate of drug-likeness (QED) is 0.418. The fraction of sp³-hybridized carbons (Fsp3) is 0.812. The SMILES string of the molecule is CCCCCCOC(CC(=O)O)(C(=O)O)C(CCCC)C(=O)O. The first-order chi connectivity index (χ1) is 10.8. The fourth-order valence-corrected chi connectivity index (χ4v) is 2.53. The van der Waals surface area contributed by atoms with Crippen LogP contribution < -0.4 is 0 Å². The van der Waals surface area contributed by atoms with E-state index in [2.05, 4.69) is 0 Å². The van der Waals surface area contributed by atoms with Gasteiger partial charge in [0.1, 0.15) is 0 Å². The van der Waals surface area contributed by atoms with Crippen molar-refractivity contribution in [3.8, 4) is 0 Å². The number of carboxylic acid groups (broad SMARTS) is 3. The molecule has 0 aliphatic carbocycles. The third kappa shape index (κ3) is 6.99. The monoisotopic (exact) mass is 332 g/mol. The van der Waals surface area contributed by atoms with Crippen LogP contribution in [0.15, 0.2) is 0 Å². The normalized spacial score (nSPS) is 14.9. The fourth-order valence-electron chi connectivity index (χ4n) is 2.53. The van der Waals surface area contributed by atoms with Crippen molar-refractivity contribution in [1.29, 1.82) is 0 Å². The first kappa shape index (κ1) is 21.4. The number of hydrogen-bond acceptors (Lipinski definition) is 4. The van der Waals surface area contributed by atoms with Gasteiger partial charge in [0.15, 0.2) is 5.60 Å². The van der Waals surface area contributed by atoms with Gasteiger partial charge in [0.05, 0.1) is 12.3 Å². The molecule has 0 aromatic heterocycles. The van der Waals surface area contributed by atoms with Gasteiger partial charge in [0, 0.05) is 6.61 Å². The lowest BCUT2D eigenvalue weighted by Crippen LogP contribution is -2.53. The van der Waals surface area contributed by atoms with Crippen LogP contribution in [-0.2, 0) is 19.1 Å². The summed E-state index contributed by atoms with van der Waals surface area (Å²) in [5.41, 5.74) is -2.22. The highest BCUT2D eigenvalue weighted by molar-refractivity contribution is 5.90. The van der Waals surface area contributed by atoms with Crippen molar-refractivity contribution in [3.05, 3.63) is 0 Å². The van der Waals surface area contributed by atoms with Crippen LogP contribution in [0.3, 0.4) is 0 Å². The number of hydrogen-bond donors (Lipinski definition) is 3. The zero-order valence-corrected chi connectivity index (χ0v) is 13.9. The molecule has 0 saturated carbocycles. The minimum Gasteiger partial charge on any atom is -0.481 e. The van der Waals surface area contributed by atoms with Crippen LogP contribution in [0, 0.1) is 5.92 Å². The molecule has 0 aliphatic heterocycles. The van der Waals surface area contributed by atoms with Gasteiger partial charge in [-0.25, -0.2) is 4.79 Å². The summed E-state index contributed by atoms with van der Waals surface area (Å²) in [6.07, 6.45) is 3.73. The first-order valence-electron chi connectivity index (χ1n) is 8.13. The zero-order valence-electron chi connectivity index (χ0n) is 13.9. The second kappa shape index (κ2) is 11.0. The molecule has 0 heterocycles. The lowest BCUT2D eigenvalue weighted by Gasteiger charge is -2.33. The van der Waals surface area contributed by atoms with E-state index in [1.807, 2.05) is 13.8 Å². The Bertz CT molecular complexity index is 394. The van der Waals surface area contributed by atoms with Crippen molar-refractivity contribution in [3.63, 3.8) is 0 Å². The molecule has 3 N–H and O–H groups in total. The summed E-state index contributed by atoms with van der Waals surface area (Å²) < 4.78 is 5.41. The van der Waals surface area contributed by atoms with Crippen molar-refractivity contribution in [1.82, 2.24) is 0 Å². The van der Waals surface area contributed by atoms with E-state index in [9.17, 15) is 24.6 Å². The summed E-state index contributed by atoms with van der Waals surface area (Å²) in [5, 5.41) is 28.0. The maximum atomic E-state index is 11.7. The Morgan fingerprint density at radius 3 is 2.00 bits per heavy atom. The summed E-state index contributed by atoms with van der Waals surface area (Å²) in [4.78, 5) is 34.4. The Morgan fingerprint density at radius 1 is 0.957 bits per heavy atom. The number of ether oxygens (including phenoxy) is 1. The second-order valence-electron chi connectivity index (χ2n) is 5.71. The molecule has 2 unspecified atom stereocenters. The molecule has 2 atom stereocenters. The Hall–Kier alpha value is -1.63. The van der Waals surface area contributed by atoms with Crippen molar-refractivity contribution in [2.45, 2.75) is 70.8 Å². The molecule has 0 amide bonds. The molecule has 0 aromatic carbocycles. The summed E-state index contributed by atoms with van der Waals surface area (Å²) in [6.45, 7) is 3.91. The molecule has 0 saturated heterocycles. The molecule has 0 rings (SSSR count). The molecular formula is C16H28O7. The summed E-state index contributed by atoms with van der Waals surface area (Å²) in [6, 6.07) is 0. The van der Waals surface area contributed by atoms with E-state index in [1.165, 1.54) is 0 Å². The van der Waals surface area contributed by atoms with E-state index in [0.717, 1.165) is 19.3 Å². The molecule has 7 heteroatoms. The molecule has 23 heavy (non-hydrogen) atoms. The van der Waals surface area contributed by atoms with Gasteiger partial charge in [-0.1, -0.05) is 46.0 Å². The van der Waals surface area contributed by atoms with Crippen molar-refractivity contribution in [2.75, 3.05) is 6.61 Å². The minimum atomic E-state index is -2.22. The lowest BCUT2D eigenvalue weighted by molar-refractivity contribution is -0.189. The van der Waals surface area contributed by atoms with E-state index in [1.54, 1.807) is 0 Å². The van der Waals surface area contributed by atoms with E-state index < -0.39 is 35.8 Å². The van der Waals surface area contributed by atoms with Gasteiger partial charge in [-0.05, 0) is 12.8 Å². The van der Waals surface area contributed by atoms with Crippen molar-refractivity contribution < 1.29 is 34.4 Å². The average molecular weight is 332 g/mol. The minimum absolute atomic E-state index is 0.0372. The average Bonchev–Trinajstić information content (AvgIpc) is 2.45. The van der Waals surface area contributed by atoms with Crippen LogP contribution in [-0.4, -0.2) is 45.4 Å². The number of carboxylic acids is 3. The van der Waals surface area contributed by atoms with Crippen LogP contribution in [0.5, 0.6) is 0 Å². The van der Waals surface area contributed by atoms with Crippen LogP contribution >= 0.6 is 0 Å². The Kier molecular flexibility index (Phi) is 10.2. The topological polar surface area (TPSA) is 121 Å². The maximum absolute atomic E-state index is 11.7. The molecule has 0 spiro atoms. The molecule has 0 aliphatic rings. The van der Waals surface area contributed by atoms with Crippen molar-refractivity contribution >= 4 is 17.9 Å². The van der Waals surface area contributed by atoms with Gasteiger partial charge in [0.25, 0.3) is 0 Å². The summed E-state index contributed by atoms with van der Waals surface area (Å²) in [5.74, 6) is -5.64. The maximum Gasteiger partial charge on any atom is 0.337 e. The lowest BCUT2D eigenvalue weighted by atomic mass is 9.80. The van der Waals surface area contributed by atoms with Crippen LogP contribution in [0.25, 0.3) is 0 Å². The van der Waals surface area contributed by atoms with Crippen LogP contribution in [0.2, 0.25) is 0 Å². The van der Waals surface area contributed by atoms with Gasteiger partial charge in [0.2, 0.25) is 0 Å². The highest BCUT2D eigenvalue weighted by Crippen LogP contribution is 2.32. The van der Waals surface area contributed by atoms with E-state index in [4.69, 9.17) is 9.84 Å². The predicted octanol–water partition coefficient (Wildman–Crippen LogP) is 2.77. The smallest absolute Gasteiger partial charge is 0.337 e. The van der Waals surface area contributed by atoms with Gasteiger partial charge >= 0.3 is 17.9 Å². The first-order valence-corrected chi connectivity index (χ1v) is 8.13. The molecule has 0 bridgehead atoms. The number of rotatable bonds is 14. The summed E-state index contributed by atoms with van der Waals surface area (Å²) in [7, 11) is 0. The predicted molar refractivity (Wildman–Crippen MR) is 83.4 cm³/mol. The third-order valence-corrected chi connectivity index (χ3v) is 3.84. The molecule has 0 aromatic rings. The molecule has 7 nitrogen and oxygen atoms in total. The Balaban J connectivity index is 5.30. The number of aliphatic carboxylic acids is 3. The van der Waals surface area contributed by atoms with Crippen molar-refractivity contribution in [2.24, 2.45) is 5.92 Å². The highest BCUT2D eigenvalue weighted by atomic mass is 16.5. The third-order valence-electron chi connectivity index (χ3n) is 3.84. The number of carbonyl (C=O) groups is 3. The zero-order chi connectivity index (χ0) is 17.9. The van der Waals surface area contributed by atoms with Gasteiger partial charge in [-0.15, -0.1) is 0 Å². The molecule has 0 radical (unpaired) electrons. The molecular weight excluding hydrogens is 304 g/mol. The van der Waals surface area contributed by atoms with Gasteiger partial charge < -0.3 is 20.1 Å². The van der Waals surface area contributed by atoms with E-state index in [-0.39, 0.29) is 13.0 Å². The Labute approximate surface area is 136 Å². The molecule has 0 fully saturated rings.